The summed E-state index contributed by atoms with van der Waals surface area (Å²) < 4.78 is 3.03. The molecule has 9 nitrogen and oxygen atoms in total. The zero-order valence-corrected chi connectivity index (χ0v) is 22.7. The Morgan fingerprint density at radius 3 is 2.17 bits per heavy atom. The molecule has 5 rings (SSSR count). The minimum absolute atomic E-state index is 0.0118. The van der Waals surface area contributed by atoms with E-state index in [1.165, 1.54) is 0 Å². The molecular weight excluding hydrogens is 572 g/mol. The van der Waals surface area contributed by atoms with Gasteiger partial charge in [-0.15, -0.1) is 0 Å². The number of nitrogens with two attached hydrogens (primary N) is 2. The van der Waals surface area contributed by atoms with Gasteiger partial charge in [0.05, 0.1) is 5.56 Å². The SMILES string of the molecule is N/C(=N\O)c1cccc(NC(=O)c2cn(Cc3ccc(Br)cc3)c3ccc(-c4cccc(/C(N)=N/O)c4)cc23)c1. The average molecular weight is 597 g/mol. The van der Waals surface area contributed by atoms with Crippen LogP contribution in [0.5, 0.6) is 0 Å². The lowest BCUT2D eigenvalue weighted by Gasteiger charge is -2.08. The van der Waals surface area contributed by atoms with Crippen molar-refractivity contribution in [1.29, 1.82) is 0 Å². The normalized spacial score (nSPS) is 12.0. The van der Waals surface area contributed by atoms with Gasteiger partial charge in [-0.1, -0.05) is 74.8 Å². The highest BCUT2D eigenvalue weighted by molar-refractivity contribution is 9.10. The van der Waals surface area contributed by atoms with Crippen LogP contribution in [0.2, 0.25) is 0 Å². The molecule has 0 spiro atoms. The minimum Gasteiger partial charge on any atom is -0.409 e. The standard InChI is InChI=1S/C30H25BrN6O3/c31-23-10-7-18(8-11-23)16-37-17-26(30(38)34-24-6-2-5-22(14-24)29(33)36-40)25-15-20(9-12-27(25)37)19-3-1-4-21(13-19)28(32)35-39/h1-15,17,39-40H,16H2,(H2,32,35)(H2,33,36)(H,34,38). The molecular formula is C30H25BrN6O3. The van der Waals surface area contributed by atoms with E-state index in [0.717, 1.165) is 32.1 Å². The third-order valence-corrected chi connectivity index (χ3v) is 7.04. The van der Waals surface area contributed by atoms with E-state index >= 15 is 0 Å². The number of rotatable bonds is 7. The van der Waals surface area contributed by atoms with E-state index in [4.69, 9.17) is 21.9 Å². The van der Waals surface area contributed by atoms with E-state index in [-0.39, 0.29) is 17.6 Å². The Morgan fingerprint density at radius 1 is 0.825 bits per heavy atom. The van der Waals surface area contributed by atoms with Crippen molar-refractivity contribution in [2.24, 2.45) is 21.8 Å². The molecule has 200 valence electrons. The highest BCUT2D eigenvalue weighted by Crippen LogP contribution is 2.30. The molecule has 5 aromatic rings. The number of fused-ring (bicyclic) bond motifs is 1. The van der Waals surface area contributed by atoms with Gasteiger partial charge in [0.25, 0.3) is 5.91 Å². The first kappa shape index (κ1) is 26.5. The molecule has 1 aromatic heterocycles. The fourth-order valence-electron chi connectivity index (χ4n) is 4.50. The number of nitrogens with zero attached hydrogens (tertiary/aromatic N) is 3. The molecule has 1 amide bonds. The second kappa shape index (κ2) is 11.3. The van der Waals surface area contributed by atoms with Crippen molar-refractivity contribution >= 4 is 50.1 Å². The molecule has 0 aliphatic heterocycles. The zero-order chi connectivity index (χ0) is 28.2. The summed E-state index contributed by atoms with van der Waals surface area (Å²) in [5.41, 5.74) is 17.3. The van der Waals surface area contributed by atoms with Crippen LogP contribution in [0.1, 0.15) is 27.0 Å². The van der Waals surface area contributed by atoms with Gasteiger partial charge < -0.3 is 31.8 Å². The Kier molecular flexibility index (Phi) is 7.52. The fraction of sp³-hybridized carbons (Fsp3) is 0.0333. The Morgan fingerprint density at radius 2 is 1.48 bits per heavy atom. The van der Waals surface area contributed by atoms with Crippen molar-refractivity contribution in [3.8, 4) is 11.1 Å². The van der Waals surface area contributed by atoms with E-state index in [2.05, 4.69) is 31.6 Å². The zero-order valence-electron chi connectivity index (χ0n) is 21.1. The summed E-state index contributed by atoms with van der Waals surface area (Å²) in [5, 5.41) is 27.9. The molecule has 0 saturated heterocycles. The van der Waals surface area contributed by atoms with Crippen molar-refractivity contribution in [3.63, 3.8) is 0 Å². The highest BCUT2D eigenvalue weighted by Gasteiger charge is 2.17. The molecule has 0 radical (unpaired) electrons. The lowest BCUT2D eigenvalue weighted by molar-refractivity contribution is 0.102. The van der Waals surface area contributed by atoms with Gasteiger partial charge in [-0.2, -0.15) is 0 Å². The van der Waals surface area contributed by atoms with Crippen LogP contribution in [0.15, 0.2) is 112 Å². The number of nitrogens with one attached hydrogen (secondary N) is 1. The molecule has 0 atom stereocenters. The van der Waals surface area contributed by atoms with Gasteiger partial charge >= 0.3 is 0 Å². The van der Waals surface area contributed by atoms with Crippen molar-refractivity contribution in [3.05, 3.63) is 124 Å². The van der Waals surface area contributed by atoms with Crippen LogP contribution in [0, 0.1) is 0 Å². The first-order valence-electron chi connectivity index (χ1n) is 12.2. The molecule has 0 aliphatic rings. The second-order valence-electron chi connectivity index (χ2n) is 9.12. The summed E-state index contributed by atoms with van der Waals surface area (Å²) >= 11 is 3.47. The third kappa shape index (κ3) is 5.52. The monoisotopic (exact) mass is 596 g/mol. The predicted molar refractivity (Wildman–Crippen MR) is 160 cm³/mol. The topological polar surface area (TPSA) is 151 Å². The molecule has 4 aromatic carbocycles. The predicted octanol–water partition coefficient (Wildman–Crippen LogP) is 5.56. The number of aromatic nitrogens is 1. The van der Waals surface area contributed by atoms with Crippen molar-refractivity contribution in [1.82, 2.24) is 4.57 Å². The number of carbonyl (C=O) groups is 1. The maximum atomic E-state index is 13.6. The molecule has 0 aliphatic carbocycles. The second-order valence-corrected chi connectivity index (χ2v) is 10.0. The molecule has 40 heavy (non-hydrogen) atoms. The van der Waals surface area contributed by atoms with Gasteiger partial charge in [-0.05, 0) is 59.2 Å². The fourth-order valence-corrected chi connectivity index (χ4v) is 4.77. The van der Waals surface area contributed by atoms with Crippen LogP contribution in [-0.2, 0) is 6.54 Å². The van der Waals surface area contributed by atoms with Gasteiger partial charge in [0, 0.05) is 44.9 Å². The lowest BCUT2D eigenvalue weighted by Crippen LogP contribution is -2.15. The average Bonchev–Trinajstić information content (AvgIpc) is 3.35. The smallest absolute Gasteiger partial charge is 0.257 e. The number of amides is 1. The summed E-state index contributed by atoms with van der Waals surface area (Å²) in [6.45, 7) is 0.564. The molecule has 10 heteroatoms. The molecule has 0 fully saturated rings. The maximum Gasteiger partial charge on any atom is 0.257 e. The summed E-state index contributed by atoms with van der Waals surface area (Å²) in [5.74, 6) is -0.350. The van der Waals surface area contributed by atoms with Crippen LogP contribution in [0.4, 0.5) is 5.69 Å². The number of halogens is 1. The number of hydrogen-bond acceptors (Lipinski definition) is 5. The highest BCUT2D eigenvalue weighted by atomic mass is 79.9. The van der Waals surface area contributed by atoms with E-state index < -0.39 is 0 Å². The lowest BCUT2D eigenvalue weighted by atomic mass is 10.00. The van der Waals surface area contributed by atoms with Gasteiger partial charge in [-0.25, -0.2) is 0 Å². The van der Waals surface area contributed by atoms with Crippen molar-refractivity contribution in [2.75, 3.05) is 5.32 Å². The number of hydrogen-bond donors (Lipinski definition) is 5. The van der Waals surface area contributed by atoms with Gasteiger partial charge in [-0.3, -0.25) is 4.79 Å². The van der Waals surface area contributed by atoms with E-state index in [1.807, 2.05) is 71.4 Å². The maximum absolute atomic E-state index is 13.6. The van der Waals surface area contributed by atoms with Crippen molar-refractivity contribution in [2.45, 2.75) is 6.54 Å². The first-order valence-corrected chi connectivity index (χ1v) is 13.0. The van der Waals surface area contributed by atoms with Crippen LogP contribution in [0.25, 0.3) is 22.0 Å². The molecule has 7 N–H and O–H groups in total. The Bertz CT molecular complexity index is 1780. The molecule has 0 bridgehead atoms. The summed E-state index contributed by atoms with van der Waals surface area (Å²) in [6, 6.07) is 28.0. The summed E-state index contributed by atoms with van der Waals surface area (Å²) in [6.07, 6.45) is 1.84. The van der Waals surface area contributed by atoms with Crippen LogP contribution in [-0.4, -0.2) is 32.6 Å². The van der Waals surface area contributed by atoms with E-state index in [1.54, 1.807) is 30.3 Å². The molecule has 0 unspecified atom stereocenters. The Hall–Kier alpha value is -5.09. The number of carbonyl (C=O) groups excluding carboxylic acids is 1. The van der Waals surface area contributed by atoms with E-state index in [9.17, 15) is 4.79 Å². The summed E-state index contributed by atoms with van der Waals surface area (Å²) in [4.78, 5) is 13.6. The largest absolute Gasteiger partial charge is 0.409 e. The summed E-state index contributed by atoms with van der Waals surface area (Å²) in [7, 11) is 0. The molecule has 1 heterocycles. The van der Waals surface area contributed by atoms with Crippen molar-refractivity contribution < 1.29 is 15.2 Å². The number of benzene rings is 4. The van der Waals surface area contributed by atoms with Gasteiger partial charge in [0.15, 0.2) is 11.7 Å². The quantitative estimate of drug-likeness (QED) is 0.0720. The Balaban J connectivity index is 1.58. The first-order chi connectivity index (χ1) is 19.4. The minimum atomic E-state index is -0.307. The van der Waals surface area contributed by atoms with E-state index in [0.29, 0.717) is 28.9 Å². The number of anilines is 1. The third-order valence-electron chi connectivity index (χ3n) is 6.52. The molecule has 0 saturated carbocycles. The Labute approximate surface area is 238 Å². The van der Waals surface area contributed by atoms with Crippen LogP contribution < -0.4 is 16.8 Å². The van der Waals surface area contributed by atoms with Crippen LogP contribution >= 0.6 is 15.9 Å². The van der Waals surface area contributed by atoms with Gasteiger partial charge in [0.1, 0.15) is 0 Å². The number of oxime groups is 2. The van der Waals surface area contributed by atoms with Crippen LogP contribution in [0.3, 0.4) is 0 Å². The van der Waals surface area contributed by atoms with Gasteiger partial charge in [0.2, 0.25) is 0 Å². The number of amidine groups is 2.